The summed E-state index contributed by atoms with van der Waals surface area (Å²) >= 11 is 0. The maximum atomic E-state index is 13.0. The van der Waals surface area contributed by atoms with Crippen molar-refractivity contribution in [2.24, 2.45) is 0 Å². The maximum Gasteiger partial charge on any atom is 0.325 e. The molecular weight excluding hydrogens is 313 g/mol. The fourth-order valence-electron chi connectivity index (χ4n) is 1.96. The topological polar surface area (TPSA) is 64.6 Å². The van der Waals surface area contributed by atoms with Gasteiger partial charge < -0.3 is 14.8 Å². The minimum atomic E-state index is -0.590. The van der Waals surface area contributed by atoms with E-state index in [2.05, 4.69) is 5.32 Å². The lowest BCUT2D eigenvalue weighted by atomic mass is 10.2. The highest BCUT2D eigenvalue weighted by atomic mass is 19.1. The second-order valence-electron chi connectivity index (χ2n) is 5.03. The molecule has 126 valence electrons. The quantitative estimate of drug-likeness (QED) is 0.625. The average Bonchev–Trinajstić information content (AvgIpc) is 2.58. The summed E-state index contributed by atoms with van der Waals surface area (Å²) in [5.41, 5.74) is 1.14. The second-order valence-corrected chi connectivity index (χ2v) is 5.03. The van der Waals surface area contributed by atoms with Gasteiger partial charge in [0.25, 0.3) is 5.91 Å². The van der Waals surface area contributed by atoms with E-state index in [0.29, 0.717) is 0 Å². The van der Waals surface area contributed by atoms with Crippen molar-refractivity contribution in [1.29, 1.82) is 0 Å². The number of carbonyl (C=O) groups excluding carboxylic acids is 2. The molecule has 2 rings (SSSR count). The SMILES string of the molecule is Cc1ccccc1OCCOC(=O)CNC(=O)c1cccc(F)c1. The molecular formula is C18H18FNO4. The summed E-state index contributed by atoms with van der Waals surface area (Å²) in [7, 11) is 0. The Morgan fingerprint density at radius 2 is 1.88 bits per heavy atom. The molecule has 2 aromatic carbocycles. The van der Waals surface area contributed by atoms with Crippen LogP contribution >= 0.6 is 0 Å². The Labute approximate surface area is 139 Å². The van der Waals surface area contributed by atoms with Gasteiger partial charge >= 0.3 is 5.97 Å². The molecule has 0 aliphatic rings. The summed E-state index contributed by atoms with van der Waals surface area (Å²) in [6.07, 6.45) is 0. The highest BCUT2D eigenvalue weighted by Crippen LogP contribution is 2.15. The summed E-state index contributed by atoms with van der Waals surface area (Å²) in [4.78, 5) is 23.3. The van der Waals surface area contributed by atoms with Gasteiger partial charge in [0.2, 0.25) is 0 Å². The van der Waals surface area contributed by atoms with E-state index in [1.165, 1.54) is 18.2 Å². The molecule has 1 amide bonds. The molecule has 0 bridgehead atoms. The van der Waals surface area contributed by atoms with Crippen LogP contribution in [0.2, 0.25) is 0 Å². The van der Waals surface area contributed by atoms with Crippen LogP contribution in [0.3, 0.4) is 0 Å². The van der Waals surface area contributed by atoms with Gasteiger partial charge in [0.1, 0.15) is 31.3 Å². The number of carbonyl (C=O) groups is 2. The number of amides is 1. The van der Waals surface area contributed by atoms with Gasteiger partial charge in [0, 0.05) is 5.56 Å². The Morgan fingerprint density at radius 3 is 2.62 bits per heavy atom. The van der Waals surface area contributed by atoms with E-state index < -0.39 is 17.7 Å². The van der Waals surface area contributed by atoms with Crippen LogP contribution < -0.4 is 10.1 Å². The van der Waals surface area contributed by atoms with Crippen molar-refractivity contribution in [3.05, 3.63) is 65.5 Å². The Bertz CT molecular complexity index is 718. The van der Waals surface area contributed by atoms with Crippen LogP contribution in [0.4, 0.5) is 4.39 Å². The molecule has 2 aromatic rings. The first-order chi connectivity index (χ1) is 11.6. The second kappa shape index (κ2) is 8.67. The number of aryl methyl sites for hydroxylation is 1. The summed E-state index contributed by atoms with van der Waals surface area (Å²) < 4.78 is 23.5. The molecule has 0 aromatic heterocycles. The minimum absolute atomic E-state index is 0.0724. The summed E-state index contributed by atoms with van der Waals surface area (Å²) in [5, 5.41) is 2.37. The number of hydrogen-bond acceptors (Lipinski definition) is 4. The van der Waals surface area contributed by atoms with Crippen LogP contribution in [0, 0.1) is 12.7 Å². The lowest BCUT2D eigenvalue weighted by molar-refractivity contribution is -0.143. The number of nitrogens with one attached hydrogen (secondary N) is 1. The fraction of sp³-hybridized carbons (Fsp3) is 0.222. The third-order valence-electron chi connectivity index (χ3n) is 3.18. The first-order valence-corrected chi connectivity index (χ1v) is 7.44. The Morgan fingerprint density at radius 1 is 1.08 bits per heavy atom. The van der Waals surface area contributed by atoms with Gasteiger partial charge in [-0.15, -0.1) is 0 Å². The molecule has 0 spiro atoms. The van der Waals surface area contributed by atoms with Crippen molar-refractivity contribution < 1.29 is 23.5 Å². The van der Waals surface area contributed by atoms with Gasteiger partial charge in [0.15, 0.2) is 0 Å². The van der Waals surface area contributed by atoms with E-state index in [1.807, 2.05) is 31.2 Å². The molecule has 0 atom stereocenters. The predicted molar refractivity (Wildman–Crippen MR) is 86.4 cm³/mol. The van der Waals surface area contributed by atoms with Gasteiger partial charge in [-0.25, -0.2) is 4.39 Å². The highest BCUT2D eigenvalue weighted by Gasteiger charge is 2.09. The van der Waals surface area contributed by atoms with E-state index in [9.17, 15) is 14.0 Å². The van der Waals surface area contributed by atoms with Crippen LogP contribution in [0.15, 0.2) is 48.5 Å². The fourth-order valence-corrected chi connectivity index (χ4v) is 1.96. The number of benzene rings is 2. The molecule has 0 fully saturated rings. The number of hydrogen-bond donors (Lipinski definition) is 1. The number of rotatable bonds is 7. The zero-order chi connectivity index (χ0) is 17.4. The molecule has 0 unspecified atom stereocenters. The first kappa shape index (κ1) is 17.5. The molecule has 0 heterocycles. The van der Waals surface area contributed by atoms with Gasteiger partial charge in [0.05, 0.1) is 0 Å². The molecule has 5 nitrogen and oxygen atoms in total. The van der Waals surface area contributed by atoms with Crippen molar-refractivity contribution >= 4 is 11.9 Å². The molecule has 0 saturated heterocycles. The van der Waals surface area contributed by atoms with Gasteiger partial charge in [-0.05, 0) is 36.8 Å². The molecule has 1 N–H and O–H groups in total. The number of esters is 1. The summed E-state index contributed by atoms with van der Waals surface area (Å²) in [6, 6.07) is 12.7. The van der Waals surface area contributed by atoms with Gasteiger partial charge in [-0.2, -0.15) is 0 Å². The van der Waals surface area contributed by atoms with Crippen LogP contribution in [-0.2, 0) is 9.53 Å². The number of ether oxygens (including phenoxy) is 2. The van der Waals surface area contributed by atoms with E-state index in [1.54, 1.807) is 0 Å². The Balaban J connectivity index is 1.66. The molecule has 0 saturated carbocycles. The van der Waals surface area contributed by atoms with E-state index >= 15 is 0 Å². The van der Waals surface area contributed by atoms with Crippen molar-refractivity contribution in [3.63, 3.8) is 0 Å². The highest BCUT2D eigenvalue weighted by molar-refractivity contribution is 5.95. The monoisotopic (exact) mass is 331 g/mol. The Kier molecular flexibility index (Phi) is 6.31. The van der Waals surface area contributed by atoms with Crippen molar-refractivity contribution in [2.45, 2.75) is 6.92 Å². The van der Waals surface area contributed by atoms with Crippen LogP contribution in [0.5, 0.6) is 5.75 Å². The van der Waals surface area contributed by atoms with Gasteiger partial charge in [-0.1, -0.05) is 24.3 Å². The standard InChI is InChI=1S/C18H18FNO4/c1-13-5-2-3-8-16(13)23-9-10-24-17(21)12-20-18(22)14-6-4-7-15(19)11-14/h2-8,11H,9-10,12H2,1H3,(H,20,22). The summed E-state index contributed by atoms with van der Waals surface area (Å²) in [5.74, 6) is -0.915. The molecule has 0 radical (unpaired) electrons. The first-order valence-electron chi connectivity index (χ1n) is 7.44. The van der Waals surface area contributed by atoms with E-state index in [0.717, 1.165) is 17.4 Å². The van der Waals surface area contributed by atoms with Crippen LogP contribution in [-0.4, -0.2) is 31.6 Å². The zero-order valence-corrected chi connectivity index (χ0v) is 13.3. The van der Waals surface area contributed by atoms with Crippen LogP contribution in [0.25, 0.3) is 0 Å². The molecule has 6 heteroatoms. The number of para-hydroxylation sites is 1. The minimum Gasteiger partial charge on any atom is -0.490 e. The van der Waals surface area contributed by atoms with Crippen molar-refractivity contribution in [1.82, 2.24) is 5.32 Å². The molecule has 0 aliphatic carbocycles. The van der Waals surface area contributed by atoms with Gasteiger partial charge in [-0.3, -0.25) is 9.59 Å². The maximum absolute atomic E-state index is 13.0. The average molecular weight is 331 g/mol. The van der Waals surface area contributed by atoms with Crippen molar-refractivity contribution in [2.75, 3.05) is 19.8 Å². The lowest BCUT2D eigenvalue weighted by Crippen LogP contribution is -2.31. The third-order valence-corrected chi connectivity index (χ3v) is 3.18. The molecule has 0 aliphatic heterocycles. The van der Waals surface area contributed by atoms with Crippen molar-refractivity contribution in [3.8, 4) is 5.75 Å². The van der Waals surface area contributed by atoms with E-state index in [-0.39, 0.29) is 25.3 Å². The Hall–Kier alpha value is -2.89. The van der Waals surface area contributed by atoms with Crippen LogP contribution in [0.1, 0.15) is 15.9 Å². The normalized spacial score (nSPS) is 10.1. The zero-order valence-electron chi connectivity index (χ0n) is 13.3. The third kappa shape index (κ3) is 5.39. The smallest absolute Gasteiger partial charge is 0.325 e. The number of halogens is 1. The largest absolute Gasteiger partial charge is 0.490 e. The lowest BCUT2D eigenvalue weighted by Gasteiger charge is -2.09. The van der Waals surface area contributed by atoms with E-state index in [4.69, 9.17) is 9.47 Å². The summed E-state index contributed by atoms with van der Waals surface area (Å²) in [6.45, 7) is 1.92. The molecule has 24 heavy (non-hydrogen) atoms. The predicted octanol–water partition coefficient (Wildman–Crippen LogP) is 2.49.